The van der Waals surface area contributed by atoms with E-state index in [1.165, 1.54) is 19.6 Å². The van der Waals surface area contributed by atoms with Crippen molar-refractivity contribution in [3.05, 3.63) is 29.6 Å². The molecular weight excluding hydrogens is 372 g/mol. The van der Waals surface area contributed by atoms with Gasteiger partial charge in [0.15, 0.2) is 0 Å². The Morgan fingerprint density at radius 3 is 2.83 bits per heavy atom. The highest BCUT2D eigenvalue weighted by Gasteiger charge is 2.69. The van der Waals surface area contributed by atoms with Crippen molar-refractivity contribution in [1.29, 1.82) is 0 Å². The Bertz CT molecular complexity index is 848. The molecule has 1 aromatic carbocycles. The zero-order valence-electron chi connectivity index (χ0n) is 17.6. The molecule has 0 radical (unpaired) electrons. The minimum Gasteiger partial charge on any atom is -0.496 e. The highest BCUT2D eigenvalue weighted by Crippen LogP contribution is 2.65. The summed E-state index contributed by atoms with van der Waals surface area (Å²) < 4.78 is 32.7. The van der Waals surface area contributed by atoms with Crippen molar-refractivity contribution in [1.82, 2.24) is 4.90 Å². The van der Waals surface area contributed by atoms with Gasteiger partial charge in [-0.1, -0.05) is 19.9 Å². The van der Waals surface area contributed by atoms with Gasteiger partial charge in [0.1, 0.15) is 17.1 Å². The van der Waals surface area contributed by atoms with Crippen LogP contribution in [-0.4, -0.2) is 49.2 Å². The predicted molar refractivity (Wildman–Crippen MR) is 107 cm³/mol. The lowest BCUT2D eigenvalue weighted by Crippen LogP contribution is -2.65. The number of hydrogen-bond acceptors (Lipinski definition) is 4. The standard InChI is InChI=1S/C22H29BFNO4/c1-21(2)13-11-16(21)22(3)17(12-13)28-23(29-22)18-9-6-10-25(18)20(26)19-14(24)7-5-8-15(19)27-4/h5,7-8,13,16-18H,6,9-12H2,1-4H3/t13-,16-,17+,18-,22-/m0/s1. The molecule has 3 aliphatic carbocycles. The monoisotopic (exact) mass is 401 g/mol. The van der Waals surface area contributed by atoms with E-state index in [0.29, 0.717) is 18.4 Å². The maximum Gasteiger partial charge on any atom is 0.481 e. The SMILES string of the molecule is COc1cccc(F)c1C(=O)N1CCC[C@H]1B1O[C@@H]2C[C@@H]3C[C@@H](C3(C)C)[C@]2(C)O1. The van der Waals surface area contributed by atoms with Crippen LogP contribution in [0.1, 0.15) is 56.8 Å². The number of benzene rings is 1. The number of rotatable bonds is 3. The van der Waals surface area contributed by atoms with Crippen molar-refractivity contribution < 1.29 is 23.2 Å². The second kappa shape index (κ2) is 6.45. The minimum absolute atomic E-state index is 0.00749. The average molecular weight is 401 g/mol. The molecule has 1 amide bonds. The first-order chi connectivity index (χ1) is 13.8. The molecule has 0 aromatic heterocycles. The molecule has 156 valence electrons. The molecular formula is C22H29BFNO4. The summed E-state index contributed by atoms with van der Waals surface area (Å²) >= 11 is 0. The molecule has 7 heteroatoms. The Hall–Kier alpha value is -1.60. The van der Waals surface area contributed by atoms with Gasteiger partial charge in [-0.3, -0.25) is 4.79 Å². The van der Waals surface area contributed by atoms with Gasteiger partial charge in [-0.25, -0.2) is 4.39 Å². The first-order valence-electron chi connectivity index (χ1n) is 10.7. The number of amides is 1. The van der Waals surface area contributed by atoms with Crippen LogP contribution in [0.5, 0.6) is 5.75 Å². The van der Waals surface area contributed by atoms with E-state index in [-0.39, 0.29) is 40.3 Å². The van der Waals surface area contributed by atoms with Gasteiger partial charge in [-0.05, 0) is 62.0 Å². The van der Waals surface area contributed by atoms with E-state index in [2.05, 4.69) is 20.8 Å². The third-order valence-electron chi connectivity index (χ3n) is 8.25. The molecule has 2 heterocycles. The highest BCUT2D eigenvalue weighted by atomic mass is 19.1. The third kappa shape index (κ3) is 2.62. The number of nitrogens with zero attached hydrogens (tertiary/aromatic N) is 1. The van der Waals surface area contributed by atoms with Gasteiger partial charge < -0.3 is 18.9 Å². The van der Waals surface area contributed by atoms with Crippen LogP contribution in [0.15, 0.2) is 18.2 Å². The summed E-state index contributed by atoms with van der Waals surface area (Å²) in [5.41, 5.74) is -0.0441. The smallest absolute Gasteiger partial charge is 0.481 e. The molecule has 5 fully saturated rings. The van der Waals surface area contributed by atoms with Crippen LogP contribution >= 0.6 is 0 Å². The molecule has 3 saturated carbocycles. The van der Waals surface area contributed by atoms with Crippen molar-refractivity contribution >= 4 is 13.0 Å². The zero-order valence-corrected chi connectivity index (χ0v) is 17.6. The summed E-state index contributed by atoms with van der Waals surface area (Å²) in [7, 11) is 1.000. The van der Waals surface area contributed by atoms with Gasteiger partial charge in [0.2, 0.25) is 0 Å². The largest absolute Gasteiger partial charge is 0.496 e. The lowest BCUT2D eigenvalue weighted by molar-refractivity contribution is -0.199. The summed E-state index contributed by atoms with van der Waals surface area (Å²) in [6.07, 6.45) is 3.93. The van der Waals surface area contributed by atoms with Crippen LogP contribution in [0.4, 0.5) is 4.39 Å². The molecule has 2 saturated heterocycles. The number of methoxy groups -OCH3 is 1. The fourth-order valence-corrected chi connectivity index (χ4v) is 6.42. The lowest BCUT2D eigenvalue weighted by Gasteiger charge is -2.64. The quantitative estimate of drug-likeness (QED) is 0.725. The number of carbonyl (C=O) groups is 1. The van der Waals surface area contributed by atoms with Crippen LogP contribution in [0.3, 0.4) is 0 Å². The minimum atomic E-state index is -0.559. The molecule has 5 atom stereocenters. The van der Waals surface area contributed by atoms with E-state index in [0.717, 1.165) is 19.3 Å². The van der Waals surface area contributed by atoms with Crippen LogP contribution in [-0.2, 0) is 9.31 Å². The van der Waals surface area contributed by atoms with Crippen molar-refractivity contribution in [3.8, 4) is 5.75 Å². The summed E-state index contributed by atoms with van der Waals surface area (Å²) in [6, 6.07) is 4.47. The van der Waals surface area contributed by atoms with Crippen LogP contribution in [0.25, 0.3) is 0 Å². The van der Waals surface area contributed by atoms with Gasteiger partial charge in [0.05, 0.1) is 24.8 Å². The zero-order chi connectivity index (χ0) is 20.6. The molecule has 0 unspecified atom stereocenters. The summed E-state index contributed by atoms with van der Waals surface area (Å²) in [4.78, 5) is 15.0. The molecule has 2 aliphatic heterocycles. The number of likely N-dealkylation sites (tertiary alicyclic amines) is 1. The Labute approximate surface area is 172 Å². The topological polar surface area (TPSA) is 48.0 Å². The molecule has 5 aliphatic rings. The number of carbonyl (C=O) groups excluding carboxylic acids is 1. The van der Waals surface area contributed by atoms with Gasteiger partial charge in [-0.2, -0.15) is 0 Å². The Kier molecular flexibility index (Phi) is 4.31. The van der Waals surface area contributed by atoms with Crippen molar-refractivity contribution in [2.75, 3.05) is 13.7 Å². The van der Waals surface area contributed by atoms with Crippen LogP contribution in [0, 0.1) is 23.1 Å². The number of halogens is 1. The maximum absolute atomic E-state index is 14.5. The van der Waals surface area contributed by atoms with Gasteiger partial charge in [-0.15, -0.1) is 0 Å². The van der Waals surface area contributed by atoms with Crippen LogP contribution < -0.4 is 4.74 Å². The van der Waals surface area contributed by atoms with E-state index < -0.39 is 12.9 Å². The van der Waals surface area contributed by atoms with E-state index in [1.54, 1.807) is 17.0 Å². The maximum atomic E-state index is 14.5. The molecule has 0 N–H and O–H groups in total. The van der Waals surface area contributed by atoms with E-state index >= 15 is 0 Å². The molecule has 0 spiro atoms. The fourth-order valence-electron chi connectivity index (χ4n) is 6.42. The van der Waals surface area contributed by atoms with Crippen molar-refractivity contribution in [2.45, 2.75) is 64.1 Å². The van der Waals surface area contributed by atoms with Crippen molar-refractivity contribution in [2.24, 2.45) is 17.3 Å². The third-order valence-corrected chi connectivity index (χ3v) is 8.25. The van der Waals surface area contributed by atoms with E-state index in [9.17, 15) is 9.18 Å². The molecule has 6 rings (SSSR count). The Balaban J connectivity index is 1.40. The first-order valence-corrected chi connectivity index (χ1v) is 10.7. The molecule has 1 aromatic rings. The Morgan fingerprint density at radius 2 is 2.10 bits per heavy atom. The number of hydrogen-bond donors (Lipinski definition) is 0. The van der Waals surface area contributed by atoms with E-state index in [4.69, 9.17) is 14.0 Å². The molecule has 29 heavy (non-hydrogen) atoms. The first kappa shape index (κ1) is 19.4. The second-order valence-electron chi connectivity index (χ2n) is 9.86. The summed E-state index contributed by atoms with van der Waals surface area (Å²) in [6.45, 7) is 7.42. The average Bonchev–Trinajstić information content (AvgIpc) is 3.30. The fraction of sp³-hybridized carbons (Fsp3) is 0.682. The number of ether oxygens (including phenoxy) is 1. The Morgan fingerprint density at radius 1 is 1.31 bits per heavy atom. The van der Waals surface area contributed by atoms with Gasteiger partial charge in [0, 0.05) is 6.54 Å². The van der Waals surface area contributed by atoms with Gasteiger partial charge in [0.25, 0.3) is 5.91 Å². The summed E-state index contributed by atoms with van der Waals surface area (Å²) in [5.74, 6) is 0.306. The molecule has 2 bridgehead atoms. The lowest BCUT2D eigenvalue weighted by atomic mass is 9.43. The summed E-state index contributed by atoms with van der Waals surface area (Å²) in [5, 5.41) is 0. The predicted octanol–water partition coefficient (Wildman–Crippen LogP) is 3.71. The normalized spacial score (nSPS) is 37.3. The molecule has 5 nitrogen and oxygen atoms in total. The van der Waals surface area contributed by atoms with Crippen LogP contribution in [0.2, 0.25) is 0 Å². The highest BCUT2D eigenvalue weighted by molar-refractivity contribution is 6.48. The van der Waals surface area contributed by atoms with Gasteiger partial charge >= 0.3 is 7.12 Å². The second-order valence-corrected chi connectivity index (χ2v) is 9.86. The van der Waals surface area contributed by atoms with Crippen molar-refractivity contribution in [3.63, 3.8) is 0 Å². The van der Waals surface area contributed by atoms with E-state index in [1.807, 2.05) is 0 Å².